The SMILES string of the molecule is O=C(COC1CCC(C(=O)O)CC1)NNc1ccccn1. The Balaban J connectivity index is 1.62. The molecule has 1 aromatic heterocycles. The van der Waals surface area contributed by atoms with Crippen LogP contribution >= 0.6 is 0 Å². The minimum atomic E-state index is -0.745. The maximum atomic E-state index is 11.6. The van der Waals surface area contributed by atoms with Gasteiger partial charge in [-0.2, -0.15) is 0 Å². The summed E-state index contributed by atoms with van der Waals surface area (Å²) in [5.74, 6) is -0.760. The Labute approximate surface area is 122 Å². The summed E-state index contributed by atoms with van der Waals surface area (Å²) in [6.07, 6.45) is 4.14. The van der Waals surface area contributed by atoms with Crippen molar-refractivity contribution in [3.63, 3.8) is 0 Å². The van der Waals surface area contributed by atoms with Crippen LogP contribution < -0.4 is 10.9 Å². The first kappa shape index (κ1) is 15.2. The van der Waals surface area contributed by atoms with E-state index in [1.165, 1.54) is 0 Å². The van der Waals surface area contributed by atoms with E-state index in [0.717, 1.165) is 0 Å². The summed E-state index contributed by atoms with van der Waals surface area (Å²) in [5.41, 5.74) is 5.18. The number of ether oxygens (including phenoxy) is 1. The first-order valence-electron chi connectivity index (χ1n) is 6.95. The van der Waals surface area contributed by atoms with Crippen LogP contribution in [-0.4, -0.2) is 34.7 Å². The number of rotatable bonds is 6. The van der Waals surface area contributed by atoms with Crippen LogP contribution in [0.3, 0.4) is 0 Å². The Kier molecular flexibility index (Phi) is 5.51. The molecule has 1 heterocycles. The number of nitrogens with one attached hydrogen (secondary N) is 2. The highest BCUT2D eigenvalue weighted by Crippen LogP contribution is 2.26. The van der Waals surface area contributed by atoms with Crippen molar-refractivity contribution in [2.75, 3.05) is 12.0 Å². The predicted molar refractivity (Wildman–Crippen MR) is 75.3 cm³/mol. The van der Waals surface area contributed by atoms with Gasteiger partial charge in [0.25, 0.3) is 5.91 Å². The lowest BCUT2D eigenvalue weighted by Crippen LogP contribution is -2.35. The molecule has 1 amide bonds. The quantitative estimate of drug-likeness (QED) is 0.681. The molecule has 1 aromatic rings. The molecule has 2 rings (SSSR count). The lowest BCUT2D eigenvalue weighted by molar-refractivity contribution is -0.144. The molecule has 0 aromatic carbocycles. The summed E-state index contributed by atoms with van der Waals surface area (Å²) in [6, 6.07) is 5.32. The standard InChI is InChI=1S/C14H19N3O4/c18-13(17-16-12-3-1-2-8-15-12)9-21-11-6-4-10(5-7-11)14(19)20/h1-3,8,10-11H,4-7,9H2,(H,15,16)(H,17,18)(H,19,20). The monoisotopic (exact) mass is 293 g/mol. The highest BCUT2D eigenvalue weighted by Gasteiger charge is 2.26. The average molecular weight is 293 g/mol. The second kappa shape index (κ2) is 7.58. The molecule has 0 spiro atoms. The smallest absolute Gasteiger partial charge is 0.306 e. The number of anilines is 1. The minimum absolute atomic E-state index is 0.0406. The highest BCUT2D eigenvalue weighted by atomic mass is 16.5. The number of nitrogens with zero attached hydrogens (tertiary/aromatic N) is 1. The molecule has 1 aliphatic rings. The van der Waals surface area contributed by atoms with Gasteiger partial charge in [-0.25, -0.2) is 4.98 Å². The van der Waals surface area contributed by atoms with Crippen molar-refractivity contribution in [3.05, 3.63) is 24.4 Å². The van der Waals surface area contributed by atoms with E-state index in [9.17, 15) is 9.59 Å². The number of pyridine rings is 1. The van der Waals surface area contributed by atoms with Gasteiger partial charge >= 0.3 is 5.97 Å². The van der Waals surface area contributed by atoms with Crippen molar-refractivity contribution in [2.24, 2.45) is 5.92 Å². The second-order valence-electron chi connectivity index (χ2n) is 5.01. The van der Waals surface area contributed by atoms with Crippen LogP contribution in [0, 0.1) is 5.92 Å². The zero-order valence-electron chi connectivity index (χ0n) is 11.6. The van der Waals surface area contributed by atoms with Gasteiger partial charge < -0.3 is 9.84 Å². The Morgan fingerprint density at radius 2 is 2.05 bits per heavy atom. The number of carbonyl (C=O) groups is 2. The van der Waals surface area contributed by atoms with E-state index in [-0.39, 0.29) is 24.5 Å². The summed E-state index contributed by atoms with van der Waals surface area (Å²) in [6.45, 7) is -0.0533. The zero-order valence-corrected chi connectivity index (χ0v) is 11.6. The molecular weight excluding hydrogens is 274 g/mol. The van der Waals surface area contributed by atoms with Gasteiger partial charge in [-0.15, -0.1) is 0 Å². The Bertz CT molecular complexity index is 472. The number of aliphatic carboxylic acids is 1. The molecule has 114 valence electrons. The summed E-state index contributed by atoms with van der Waals surface area (Å²) < 4.78 is 5.50. The molecular formula is C14H19N3O4. The fraction of sp³-hybridized carbons (Fsp3) is 0.500. The highest BCUT2D eigenvalue weighted by molar-refractivity contribution is 5.78. The van der Waals surface area contributed by atoms with Gasteiger partial charge in [0.15, 0.2) is 0 Å². The molecule has 0 aliphatic heterocycles. The molecule has 0 bridgehead atoms. The number of carboxylic acid groups (broad SMARTS) is 1. The third kappa shape index (κ3) is 5.03. The predicted octanol–water partition coefficient (Wildman–Crippen LogP) is 1.18. The van der Waals surface area contributed by atoms with Crippen LogP contribution in [0.15, 0.2) is 24.4 Å². The summed E-state index contributed by atoms with van der Waals surface area (Å²) in [7, 11) is 0. The molecule has 0 saturated heterocycles. The van der Waals surface area contributed by atoms with E-state index in [4.69, 9.17) is 9.84 Å². The zero-order chi connectivity index (χ0) is 15.1. The normalized spacial score (nSPS) is 21.5. The molecule has 7 nitrogen and oxygen atoms in total. The number of carboxylic acids is 1. The van der Waals surface area contributed by atoms with Gasteiger partial charge in [-0.3, -0.25) is 20.4 Å². The van der Waals surface area contributed by atoms with E-state index in [2.05, 4.69) is 15.8 Å². The van der Waals surface area contributed by atoms with Crippen LogP contribution in [0.1, 0.15) is 25.7 Å². The Morgan fingerprint density at radius 1 is 1.29 bits per heavy atom. The maximum absolute atomic E-state index is 11.6. The summed E-state index contributed by atoms with van der Waals surface area (Å²) in [4.78, 5) is 26.4. The van der Waals surface area contributed by atoms with Crippen LogP contribution in [0.4, 0.5) is 5.82 Å². The van der Waals surface area contributed by atoms with Crippen molar-refractivity contribution in [1.82, 2.24) is 10.4 Å². The van der Waals surface area contributed by atoms with Gasteiger partial charge in [-0.05, 0) is 37.8 Å². The minimum Gasteiger partial charge on any atom is -0.481 e. The molecule has 1 fully saturated rings. The van der Waals surface area contributed by atoms with Crippen molar-refractivity contribution in [1.29, 1.82) is 0 Å². The number of aromatic nitrogens is 1. The Morgan fingerprint density at radius 3 is 2.67 bits per heavy atom. The van der Waals surface area contributed by atoms with Gasteiger partial charge in [0.05, 0.1) is 12.0 Å². The molecule has 0 atom stereocenters. The second-order valence-corrected chi connectivity index (χ2v) is 5.01. The van der Waals surface area contributed by atoms with Crippen molar-refractivity contribution in [2.45, 2.75) is 31.8 Å². The molecule has 1 aliphatic carbocycles. The van der Waals surface area contributed by atoms with E-state index in [1.54, 1.807) is 24.4 Å². The van der Waals surface area contributed by atoms with Crippen LogP contribution in [0.25, 0.3) is 0 Å². The first-order valence-corrected chi connectivity index (χ1v) is 6.95. The number of carbonyl (C=O) groups excluding carboxylic acids is 1. The molecule has 0 unspecified atom stereocenters. The summed E-state index contributed by atoms with van der Waals surface area (Å²) >= 11 is 0. The van der Waals surface area contributed by atoms with Gasteiger partial charge in [0.1, 0.15) is 12.4 Å². The van der Waals surface area contributed by atoms with Crippen molar-refractivity contribution >= 4 is 17.7 Å². The first-order chi connectivity index (χ1) is 10.1. The number of hydrogen-bond donors (Lipinski definition) is 3. The third-order valence-corrected chi connectivity index (χ3v) is 3.47. The number of amides is 1. The molecule has 7 heteroatoms. The number of hydrogen-bond acceptors (Lipinski definition) is 5. The topological polar surface area (TPSA) is 101 Å². The van der Waals surface area contributed by atoms with Crippen LogP contribution in [0.2, 0.25) is 0 Å². The van der Waals surface area contributed by atoms with Crippen molar-refractivity contribution in [3.8, 4) is 0 Å². The Hall–Kier alpha value is -2.15. The fourth-order valence-electron chi connectivity index (χ4n) is 2.28. The molecule has 0 radical (unpaired) electrons. The van der Waals surface area contributed by atoms with E-state index >= 15 is 0 Å². The van der Waals surface area contributed by atoms with Gasteiger partial charge in [0, 0.05) is 6.20 Å². The van der Waals surface area contributed by atoms with E-state index < -0.39 is 5.97 Å². The maximum Gasteiger partial charge on any atom is 0.306 e. The molecule has 21 heavy (non-hydrogen) atoms. The largest absolute Gasteiger partial charge is 0.481 e. The van der Waals surface area contributed by atoms with E-state index in [0.29, 0.717) is 31.5 Å². The summed E-state index contributed by atoms with van der Waals surface area (Å²) in [5, 5.41) is 8.90. The van der Waals surface area contributed by atoms with Gasteiger partial charge in [0.2, 0.25) is 0 Å². The average Bonchev–Trinajstić information content (AvgIpc) is 2.52. The lowest BCUT2D eigenvalue weighted by Gasteiger charge is -2.25. The van der Waals surface area contributed by atoms with Crippen LogP contribution in [-0.2, 0) is 14.3 Å². The van der Waals surface area contributed by atoms with Crippen LogP contribution in [0.5, 0.6) is 0 Å². The van der Waals surface area contributed by atoms with E-state index in [1.807, 2.05) is 0 Å². The lowest BCUT2D eigenvalue weighted by atomic mass is 9.87. The third-order valence-electron chi connectivity index (χ3n) is 3.47. The van der Waals surface area contributed by atoms with Gasteiger partial charge in [-0.1, -0.05) is 6.07 Å². The number of hydrazine groups is 1. The fourth-order valence-corrected chi connectivity index (χ4v) is 2.28. The molecule has 1 saturated carbocycles. The van der Waals surface area contributed by atoms with Crippen molar-refractivity contribution < 1.29 is 19.4 Å². The molecule has 3 N–H and O–H groups in total.